The first-order valence-electron chi connectivity index (χ1n) is 4.08. The number of aryl methyl sites for hydroxylation is 1. The zero-order valence-corrected chi connectivity index (χ0v) is 8.40. The van der Waals surface area contributed by atoms with Crippen LogP contribution >= 0.6 is 12.4 Å². The standard InChI is InChI=1S/C10H15N.ClH/c1-3-9-5-4-6-10(7-9)8(2)11;/h4-8H,3,11H2,1-2H3;1H/t8-;/m0./s1. The van der Waals surface area contributed by atoms with Crippen molar-refractivity contribution >= 4 is 12.4 Å². The molecule has 0 amide bonds. The van der Waals surface area contributed by atoms with Crippen molar-refractivity contribution < 1.29 is 0 Å². The van der Waals surface area contributed by atoms with Gasteiger partial charge >= 0.3 is 0 Å². The van der Waals surface area contributed by atoms with Gasteiger partial charge in [0.25, 0.3) is 0 Å². The Kier molecular flexibility index (Phi) is 4.95. The second kappa shape index (κ2) is 5.18. The molecule has 0 aliphatic heterocycles. The van der Waals surface area contributed by atoms with Crippen LogP contribution in [0.1, 0.15) is 31.0 Å². The van der Waals surface area contributed by atoms with E-state index in [1.807, 2.05) is 6.92 Å². The second-order valence-electron chi connectivity index (χ2n) is 2.89. The van der Waals surface area contributed by atoms with Gasteiger partial charge in [0.15, 0.2) is 0 Å². The molecule has 0 saturated carbocycles. The number of halogens is 1. The third-order valence-electron chi connectivity index (χ3n) is 1.89. The lowest BCUT2D eigenvalue weighted by Gasteiger charge is -2.06. The summed E-state index contributed by atoms with van der Waals surface area (Å²) in [7, 11) is 0. The van der Waals surface area contributed by atoms with Crippen LogP contribution in [-0.4, -0.2) is 0 Å². The van der Waals surface area contributed by atoms with Gasteiger partial charge in [-0.3, -0.25) is 0 Å². The van der Waals surface area contributed by atoms with Crippen molar-refractivity contribution in [2.45, 2.75) is 26.3 Å². The van der Waals surface area contributed by atoms with Crippen LogP contribution in [-0.2, 0) is 6.42 Å². The molecule has 2 N–H and O–H groups in total. The van der Waals surface area contributed by atoms with Crippen molar-refractivity contribution in [3.8, 4) is 0 Å². The quantitative estimate of drug-likeness (QED) is 0.754. The lowest BCUT2D eigenvalue weighted by atomic mass is 10.0. The molecule has 0 radical (unpaired) electrons. The number of hydrogen-bond acceptors (Lipinski definition) is 1. The van der Waals surface area contributed by atoms with Crippen molar-refractivity contribution in [1.82, 2.24) is 0 Å². The van der Waals surface area contributed by atoms with E-state index >= 15 is 0 Å². The van der Waals surface area contributed by atoms with E-state index in [4.69, 9.17) is 5.73 Å². The maximum Gasteiger partial charge on any atom is 0.0266 e. The van der Waals surface area contributed by atoms with Gasteiger partial charge in [0.1, 0.15) is 0 Å². The van der Waals surface area contributed by atoms with Gasteiger partial charge in [-0.15, -0.1) is 12.4 Å². The van der Waals surface area contributed by atoms with Gasteiger partial charge < -0.3 is 5.73 Å². The molecule has 0 heterocycles. The molecule has 1 nitrogen and oxygen atoms in total. The largest absolute Gasteiger partial charge is 0.324 e. The fourth-order valence-electron chi connectivity index (χ4n) is 1.10. The molecular weight excluding hydrogens is 170 g/mol. The highest BCUT2D eigenvalue weighted by Gasteiger charge is 1.97. The number of hydrogen-bond donors (Lipinski definition) is 1. The summed E-state index contributed by atoms with van der Waals surface area (Å²) in [6.07, 6.45) is 1.08. The maximum atomic E-state index is 5.74. The molecule has 0 aromatic heterocycles. The van der Waals surface area contributed by atoms with Crippen LogP contribution in [0, 0.1) is 0 Å². The van der Waals surface area contributed by atoms with Gasteiger partial charge in [-0.1, -0.05) is 31.2 Å². The van der Waals surface area contributed by atoms with E-state index in [1.165, 1.54) is 11.1 Å². The topological polar surface area (TPSA) is 26.0 Å². The summed E-state index contributed by atoms with van der Waals surface area (Å²) in [6, 6.07) is 8.60. The molecule has 0 fully saturated rings. The third-order valence-corrected chi connectivity index (χ3v) is 1.89. The number of benzene rings is 1. The van der Waals surface area contributed by atoms with E-state index < -0.39 is 0 Å². The Hall–Kier alpha value is -0.530. The predicted octanol–water partition coefficient (Wildman–Crippen LogP) is 2.69. The molecule has 0 aliphatic rings. The fraction of sp³-hybridized carbons (Fsp3) is 0.400. The van der Waals surface area contributed by atoms with Crippen molar-refractivity contribution in [3.63, 3.8) is 0 Å². The van der Waals surface area contributed by atoms with Crippen LogP contribution in [0.3, 0.4) is 0 Å². The van der Waals surface area contributed by atoms with Crippen molar-refractivity contribution in [3.05, 3.63) is 35.4 Å². The highest BCUT2D eigenvalue weighted by molar-refractivity contribution is 5.85. The normalized spacial score (nSPS) is 11.9. The van der Waals surface area contributed by atoms with E-state index in [0.717, 1.165) is 6.42 Å². The molecule has 0 spiro atoms. The molecule has 68 valence electrons. The van der Waals surface area contributed by atoms with Crippen LogP contribution in [0.15, 0.2) is 24.3 Å². The molecule has 0 saturated heterocycles. The van der Waals surface area contributed by atoms with E-state index in [1.54, 1.807) is 0 Å². The molecule has 1 rings (SSSR count). The molecule has 12 heavy (non-hydrogen) atoms. The first-order valence-corrected chi connectivity index (χ1v) is 4.08. The summed E-state index contributed by atoms with van der Waals surface area (Å²) in [5, 5.41) is 0. The molecule has 0 bridgehead atoms. The molecule has 1 aromatic rings. The van der Waals surface area contributed by atoms with Gasteiger partial charge in [-0.05, 0) is 24.5 Å². The molecule has 1 aromatic carbocycles. The summed E-state index contributed by atoms with van der Waals surface area (Å²) >= 11 is 0. The predicted molar refractivity (Wildman–Crippen MR) is 55.7 cm³/mol. The van der Waals surface area contributed by atoms with Crippen molar-refractivity contribution in [2.24, 2.45) is 5.73 Å². The van der Waals surface area contributed by atoms with E-state index in [0.29, 0.717) is 0 Å². The van der Waals surface area contributed by atoms with Crippen LogP contribution in [0.4, 0.5) is 0 Å². The van der Waals surface area contributed by atoms with Crippen LogP contribution in [0.5, 0.6) is 0 Å². The Balaban J connectivity index is 0.00000121. The van der Waals surface area contributed by atoms with Crippen LogP contribution in [0.25, 0.3) is 0 Å². The average molecular weight is 186 g/mol. The smallest absolute Gasteiger partial charge is 0.0266 e. The van der Waals surface area contributed by atoms with Crippen LogP contribution < -0.4 is 5.73 Å². The fourth-order valence-corrected chi connectivity index (χ4v) is 1.10. The molecule has 0 aliphatic carbocycles. The zero-order chi connectivity index (χ0) is 8.27. The SMILES string of the molecule is CCc1cccc([C@H](C)N)c1.Cl. The minimum absolute atomic E-state index is 0. The summed E-state index contributed by atoms with van der Waals surface area (Å²) in [4.78, 5) is 0. The molecular formula is C10H16ClN. The summed E-state index contributed by atoms with van der Waals surface area (Å²) < 4.78 is 0. The van der Waals surface area contributed by atoms with E-state index in [9.17, 15) is 0 Å². The lowest BCUT2D eigenvalue weighted by molar-refractivity contribution is 0.815. The average Bonchev–Trinajstić information content (AvgIpc) is 2.05. The maximum absolute atomic E-state index is 5.74. The Bertz CT molecular complexity index is 233. The minimum atomic E-state index is 0. The minimum Gasteiger partial charge on any atom is -0.324 e. The van der Waals surface area contributed by atoms with Crippen LogP contribution in [0.2, 0.25) is 0 Å². The Morgan fingerprint density at radius 2 is 2.08 bits per heavy atom. The van der Waals surface area contributed by atoms with E-state index in [-0.39, 0.29) is 18.4 Å². The second-order valence-corrected chi connectivity index (χ2v) is 2.89. The first-order chi connectivity index (χ1) is 5.24. The Morgan fingerprint density at radius 3 is 2.58 bits per heavy atom. The summed E-state index contributed by atoms with van der Waals surface area (Å²) in [6.45, 7) is 4.16. The monoisotopic (exact) mass is 185 g/mol. The molecule has 2 heteroatoms. The van der Waals surface area contributed by atoms with Crippen molar-refractivity contribution in [1.29, 1.82) is 0 Å². The third kappa shape index (κ3) is 2.84. The first kappa shape index (κ1) is 11.5. The van der Waals surface area contributed by atoms with Gasteiger partial charge in [0, 0.05) is 6.04 Å². The molecule has 1 atom stereocenters. The number of rotatable bonds is 2. The summed E-state index contributed by atoms with van der Waals surface area (Å²) in [5.41, 5.74) is 8.32. The summed E-state index contributed by atoms with van der Waals surface area (Å²) in [5.74, 6) is 0. The Morgan fingerprint density at radius 1 is 1.42 bits per heavy atom. The highest BCUT2D eigenvalue weighted by Crippen LogP contribution is 2.11. The van der Waals surface area contributed by atoms with Gasteiger partial charge in [-0.25, -0.2) is 0 Å². The van der Waals surface area contributed by atoms with Crippen molar-refractivity contribution in [2.75, 3.05) is 0 Å². The van der Waals surface area contributed by atoms with Gasteiger partial charge in [0.05, 0.1) is 0 Å². The zero-order valence-electron chi connectivity index (χ0n) is 7.58. The highest BCUT2D eigenvalue weighted by atomic mass is 35.5. The molecule has 0 unspecified atom stereocenters. The van der Waals surface area contributed by atoms with E-state index in [2.05, 4.69) is 31.2 Å². The Labute approximate surface area is 80.4 Å². The van der Waals surface area contributed by atoms with Gasteiger partial charge in [-0.2, -0.15) is 0 Å². The number of nitrogens with two attached hydrogens (primary N) is 1. The lowest BCUT2D eigenvalue weighted by Crippen LogP contribution is -2.04. The van der Waals surface area contributed by atoms with Gasteiger partial charge in [0.2, 0.25) is 0 Å².